The first-order chi connectivity index (χ1) is 11.3. The number of para-hydroxylation sites is 2. The van der Waals surface area contributed by atoms with Gasteiger partial charge >= 0.3 is 0 Å². The Morgan fingerprint density at radius 3 is 2.74 bits per heavy atom. The molecule has 2 heterocycles. The van der Waals surface area contributed by atoms with Gasteiger partial charge < -0.3 is 16.0 Å². The van der Waals surface area contributed by atoms with Gasteiger partial charge in [0.1, 0.15) is 5.82 Å². The summed E-state index contributed by atoms with van der Waals surface area (Å²) < 4.78 is 0. The van der Waals surface area contributed by atoms with Crippen LogP contribution in [0.2, 0.25) is 0 Å². The van der Waals surface area contributed by atoms with Crippen molar-refractivity contribution in [2.75, 3.05) is 17.6 Å². The molecule has 4 rings (SSSR count). The predicted molar refractivity (Wildman–Crippen MR) is 95.4 cm³/mol. The molecule has 0 radical (unpaired) electrons. The molecule has 2 aromatic heterocycles. The highest BCUT2D eigenvalue weighted by Gasteiger charge is 2.14. The van der Waals surface area contributed by atoms with Crippen LogP contribution < -0.4 is 11.1 Å². The number of aromatic amines is 1. The lowest BCUT2D eigenvalue weighted by atomic mass is 10.1. The fourth-order valence-electron chi connectivity index (χ4n) is 2.88. The third-order valence-corrected chi connectivity index (χ3v) is 3.95. The number of nitrogens with one attached hydrogen (secondary N) is 2. The smallest absolute Gasteiger partial charge is 0.142 e. The third-order valence-electron chi connectivity index (χ3n) is 3.95. The van der Waals surface area contributed by atoms with Crippen LogP contribution in [0.5, 0.6) is 0 Å². The molecular formula is C18H17N5. The molecule has 0 fully saturated rings. The van der Waals surface area contributed by atoms with Crippen molar-refractivity contribution in [2.24, 2.45) is 0 Å². The van der Waals surface area contributed by atoms with Gasteiger partial charge in [0, 0.05) is 23.8 Å². The third kappa shape index (κ3) is 2.17. The summed E-state index contributed by atoms with van der Waals surface area (Å²) in [5.74, 6) is 0.740. The van der Waals surface area contributed by atoms with E-state index in [2.05, 4.69) is 27.2 Å². The second-order valence-corrected chi connectivity index (χ2v) is 5.42. The Hall–Kier alpha value is -3.08. The summed E-state index contributed by atoms with van der Waals surface area (Å²) in [4.78, 5) is 12.5. The van der Waals surface area contributed by atoms with Gasteiger partial charge in [-0.25, -0.2) is 4.98 Å². The topological polar surface area (TPSA) is 79.6 Å². The van der Waals surface area contributed by atoms with E-state index in [1.54, 1.807) is 6.20 Å². The first-order valence-corrected chi connectivity index (χ1v) is 7.64. The Morgan fingerprint density at radius 1 is 1.09 bits per heavy atom. The summed E-state index contributed by atoms with van der Waals surface area (Å²) >= 11 is 0. The molecular weight excluding hydrogens is 286 g/mol. The summed E-state index contributed by atoms with van der Waals surface area (Å²) in [7, 11) is 0. The van der Waals surface area contributed by atoms with Crippen molar-refractivity contribution in [1.29, 1.82) is 0 Å². The van der Waals surface area contributed by atoms with E-state index in [0.29, 0.717) is 5.69 Å². The zero-order valence-corrected chi connectivity index (χ0v) is 12.8. The van der Waals surface area contributed by atoms with Crippen LogP contribution in [-0.4, -0.2) is 21.5 Å². The Morgan fingerprint density at radius 2 is 1.91 bits per heavy atom. The van der Waals surface area contributed by atoms with Crippen molar-refractivity contribution in [3.8, 4) is 11.4 Å². The molecule has 0 spiro atoms. The maximum absolute atomic E-state index is 6.46. The fourth-order valence-corrected chi connectivity index (χ4v) is 2.88. The quantitative estimate of drug-likeness (QED) is 0.538. The number of nitrogens with zero attached hydrogens (tertiary/aromatic N) is 2. The lowest BCUT2D eigenvalue weighted by molar-refractivity contribution is 1.22. The zero-order chi connectivity index (χ0) is 15.8. The summed E-state index contributed by atoms with van der Waals surface area (Å²) in [5, 5.41) is 4.28. The molecule has 2 aromatic carbocycles. The lowest BCUT2D eigenvalue weighted by Gasteiger charge is -2.12. The normalized spacial score (nSPS) is 11.2. The van der Waals surface area contributed by atoms with Gasteiger partial charge in [-0.1, -0.05) is 18.2 Å². The summed E-state index contributed by atoms with van der Waals surface area (Å²) in [5.41, 5.74) is 11.7. The van der Waals surface area contributed by atoms with Crippen LogP contribution in [-0.2, 0) is 0 Å². The van der Waals surface area contributed by atoms with Crippen LogP contribution in [0.1, 0.15) is 6.92 Å². The number of imidazole rings is 1. The molecule has 114 valence electrons. The molecule has 0 aliphatic carbocycles. The molecule has 0 saturated heterocycles. The van der Waals surface area contributed by atoms with Crippen LogP contribution in [0.25, 0.3) is 33.3 Å². The molecule has 5 nitrogen and oxygen atoms in total. The highest BCUT2D eigenvalue weighted by molar-refractivity contribution is 6.05. The number of hydrogen-bond donors (Lipinski definition) is 3. The van der Waals surface area contributed by atoms with Gasteiger partial charge in [0.2, 0.25) is 0 Å². The number of benzene rings is 2. The van der Waals surface area contributed by atoms with E-state index in [1.165, 1.54) is 0 Å². The second kappa shape index (κ2) is 5.28. The van der Waals surface area contributed by atoms with Gasteiger partial charge in [-0.2, -0.15) is 0 Å². The molecule has 0 atom stereocenters. The van der Waals surface area contributed by atoms with E-state index < -0.39 is 0 Å². The fraction of sp³-hybridized carbons (Fsp3) is 0.111. The molecule has 0 unspecified atom stereocenters. The SMILES string of the molecule is CCNc1cccc2ncc(-c3nc4ccccc4[nH]3)c(N)c12. The zero-order valence-electron chi connectivity index (χ0n) is 12.8. The Balaban J connectivity index is 1.96. The first kappa shape index (κ1) is 13.6. The molecule has 23 heavy (non-hydrogen) atoms. The van der Waals surface area contributed by atoms with E-state index in [0.717, 1.165) is 45.6 Å². The van der Waals surface area contributed by atoms with Crippen LogP contribution in [0.15, 0.2) is 48.7 Å². The monoisotopic (exact) mass is 303 g/mol. The number of nitrogens with two attached hydrogens (primary N) is 1. The van der Waals surface area contributed by atoms with Gasteiger partial charge in [-0.15, -0.1) is 0 Å². The number of aromatic nitrogens is 3. The molecule has 5 heteroatoms. The van der Waals surface area contributed by atoms with Crippen LogP contribution in [0.3, 0.4) is 0 Å². The molecule has 0 amide bonds. The van der Waals surface area contributed by atoms with Crippen molar-refractivity contribution in [1.82, 2.24) is 15.0 Å². The van der Waals surface area contributed by atoms with Crippen molar-refractivity contribution in [3.63, 3.8) is 0 Å². The predicted octanol–water partition coefficient (Wildman–Crippen LogP) is 3.79. The van der Waals surface area contributed by atoms with Crippen LogP contribution in [0.4, 0.5) is 11.4 Å². The summed E-state index contributed by atoms with van der Waals surface area (Å²) in [6, 6.07) is 13.9. The number of pyridine rings is 1. The average Bonchev–Trinajstić information content (AvgIpc) is 2.99. The second-order valence-electron chi connectivity index (χ2n) is 5.42. The molecule has 4 N–H and O–H groups in total. The minimum absolute atomic E-state index is 0.686. The number of fused-ring (bicyclic) bond motifs is 2. The van der Waals surface area contributed by atoms with E-state index in [4.69, 9.17) is 5.73 Å². The Kier molecular flexibility index (Phi) is 3.12. The molecule has 4 aromatic rings. The first-order valence-electron chi connectivity index (χ1n) is 7.64. The maximum Gasteiger partial charge on any atom is 0.142 e. The van der Waals surface area contributed by atoms with Gasteiger partial charge in [0.05, 0.1) is 27.8 Å². The minimum atomic E-state index is 0.686. The standard InChI is InChI=1S/C18H17N5/c1-2-20-14-8-5-9-15-16(14)17(19)11(10-21-15)18-22-12-6-3-4-7-13(12)23-18/h3-10,20H,2H2,1H3,(H2,19,21)(H,22,23). The highest BCUT2D eigenvalue weighted by atomic mass is 14.9. The lowest BCUT2D eigenvalue weighted by Crippen LogP contribution is -2.01. The van der Waals surface area contributed by atoms with Gasteiger partial charge in [-0.3, -0.25) is 4.98 Å². The van der Waals surface area contributed by atoms with Crippen molar-refractivity contribution >= 4 is 33.3 Å². The highest BCUT2D eigenvalue weighted by Crippen LogP contribution is 2.34. The largest absolute Gasteiger partial charge is 0.397 e. The van der Waals surface area contributed by atoms with Gasteiger partial charge in [-0.05, 0) is 31.2 Å². The number of anilines is 2. The van der Waals surface area contributed by atoms with Gasteiger partial charge in [0.25, 0.3) is 0 Å². The van der Waals surface area contributed by atoms with Crippen molar-refractivity contribution in [2.45, 2.75) is 6.92 Å². The number of nitrogen functional groups attached to an aromatic ring is 1. The van der Waals surface area contributed by atoms with E-state index in [1.807, 2.05) is 42.5 Å². The van der Waals surface area contributed by atoms with E-state index in [-0.39, 0.29) is 0 Å². The minimum Gasteiger partial charge on any atom is -0.397 e. The van der Waals surface area contributed by atoms with E-state index in [9.17, 15) is 0 Å². The number of H-pyrrole nitrogens is 1. The molecule has 0 aliphatic rings. The van der Waals surface area contributed by atoms with Crippen molar-refractivity contribution < 1.29 is 0 Å². The number of hydrogen-bond acceptors (Lipinski definition) is 4. The number of rotatable bonds is 3. The average molecular weight is 303 g/mol. The van der Waals surface area contributed by atoms with Crippen LogP contribution >= 0.6 is 0 Å². The summed E-state index contributed by atoms with van der Waals surface area (Å²) in [6.45, 7) is 2.89. The van der Waals surface area contributed by atoms with Crippen molar-refractivity contribution in [3.05, 3.63) is 48.7 Å². The maximum atomic E-state index is 6.46. The molecule has 0 aliphatic heterocycles. The van der Waals surface area contributed by atoms with E-state index >= 15 is 0 Å². The summed E-state index contributed by atoms with van der Waals surface area (Å²) in [6.07, 6.45) is 1.78. The Labute approximate surface area is 133 Å². The van der Waals surface area contributed by atoms with Crippen LogP contribution in [0, 0.1) is 0 Å². The van der Waals surface area contributed by atoms with Gasteiger partial charge in [0.15, 0.2) is 0 Å². The molecule has 0 bridgehead atoms. The Bertz CT molecular complexity index is 970. The molecule has 0 saturated carbocycles.